The Morgan fingerprint density at radius 1 is 1.46 bits per heavy atom. The molecule has 1 N–H and O–H groups in total. The Hall–Kier alpha value is -1.32. The first-order valence-corrected chi connectivity index (χ1v) is 4.17. The minimum Gasteiger partial charge on any atom is -0.469 e. The Labute approximate surface area is 78.0 Å². The van der Waals surface area contributed by atoms with E-state index in [0.29, 0.717) is 13.0 Å². The van der Waals surface area contributed by atoms with Crippen LogP contribution in [0.2, 0.25) is 0 Å². The number of methoxy groups -OCH3 is 1. The van der Waals surface area contributed by atoms with E-state index in [-0.39, 0.29) is 11.9 Å². The van der Waals surface area contributed by atoms with Gasteiger partial charge in [0.15, 0.2) is 0 Å². The van der Waals surface area contributed by atoms with Gasteiger partial charge >= 0.3 is 5.97 Å². The molecule has 0 aliphatic rings. The summed E-state index contributed by atoms with van der Waals surface area (Å²) < 4.78 is 4.46. The molecule has 0 rings (SSSR count). The van der Waals surface area contributed by atoms with Gasteiger partial charge in [0, 0.05) is 13.0 Å². The second-order valence-electron chi connectivity index (χ2n) is 2.53. The van der Waals surface area contributed by atoms with Gasteiger partial charge in [-0.05, 0) is 18.9 Å². The summed E-state index contributed by atoms with van der Waals surface area (Å²) in [7, 11) is 1.36. The number of ether oxygens (including phenoxy) is 1. The van der Waals surface area contributed by atoms with Gasteiger partial charge in [-0.1, -0.05) is 6.58 Å². The molecule has 13 heavy (non-hydrogen) atoms. The molecule has 0 unspecified atom stereocenters. The third-order valence-corrected chi connectivity index (χ3v) is 1.52. The number of nitrogens with one attached hydrogen (secondary N) is 1. The van der Waals surface area contributed by atoms with Crippen molar-refractivity contribution in [3.63, 3.8) is 0 Å². The highest BCUT2D eigenvalue weighted by atomic mass is 16.5. The second-order valence-corrected chi connectivity index (χ2v) is 2.53. The molecule has 4 heteroatoms. The van der Waals surface area contributed by atoms with E-state index >= 15 is 0 Å². The van der Waals surface area contributed by atoms with E-state index in [0.717, 1.165) is 12.8 Å². The number of esters is 1. The van der Waals surface area contributed by atoms with Crippen molar-refractivity contribution in [1.82, 2.24) is 5.32 Å². The quantitative estimate of drug-likeness (QED) is 0.375. The SMILES string of the molecule is C=CC(=O)NCCCCC(=O)OC. The third-order valence-electron chi connectivity index (χ3n) is 1.52. The lowest BCUT2D eigenvalue weighted by atomic mass is 10.2. The molecule has 0 saturated carbocycles. The highest BCUT2D eigenvalue weighted by Crippen LogP contribution is 1.95. The fourth-order valence-corrected chi connectivity index (χ4v) is 0.780. The van der Waals surface area contributed by atoms with E-state index in [1.54, 1.807) is 0 Å². The molecule has 0 atom stereocenters. The Morgan fingerprint density at radius 2 is 2.15 bits per heavy atom. The van der Waals surface area contributed by atoms with Crippen molar-refractivity contribution in [2.45, 2.75) is 19.3 Å². The summed E-state index contributed by atoms with van der Waals surface area (Å²) >= 11 is 0. The molecule has 0 bridgehead atoms. The summed E-state index contributed by atoms with van der Waals surface area (Å²) in [6, 6.07) is 0. The zero-order valence-electron chi connectivity index (χ0n) is 7.84. The van der Waals surface area contributed by atoms with E-state index in [1.807, 2.05) is 0 Å². The van der Waals surface area contributed by atoms with Crippen molar-refractivity contribution in [2.75, 3.05) is 13.7 Å². The van der Waals surface area contributed by atoms with Gasteiger partial charge in [0.05, 0.1) is 7.11 Å². The highest BCUT2D eigenvalue weighted by Gasteiger charge is 1.99. The number of hydrogen-bond acceptors (Lipinski definition) is 3. The van der Waals surface area contributed by atoms with Crippen LogP contribution in [-0.2, 0) is 14.3 Å². The number of carbonyl (C=O) groups excluding carboxylic acids is 2. The molecule has 0 saturated heterocycles. The molecule has 4 nitrogen and oxygen atoms in total. The van der Waals surface area contributed by atoms with Crippen LogP contribution in [0.25, 0.3) is 0 Å². The molecule has 0 aliphatic carbocycles. The average Bonchev–Trinajstić information content (AvgIpc) is 2.16. The van der Waals surface area contributed by atoms with Gasteiger partial charge in [-0.25, -0.2) is 0 Å². The number of carbonyl (C=O) groups is 2. The van der Waals surface area contributed by atoms with Crippen molar-refractivity contribution in [1.29, 1.82) is 0 Å². The van der Waals surface area contributed by atoms with Crippen LogP contribution in [0, 0.1) is 0 Å². The number of unbranched alkanes of at least 4 members (excludes halogenated alkanes) is 1. The minimum absolute atomic E-state index is 0.182. The molecule has 0 spiro atoms. The van der Waals surface area contributed by atoms with E-state index in [1.165, 1.54) is 13.2 Å². The largest absolute Gasteiger partial charge is 0.469 e. The van der Waals surface area contributed by atoms with E-state index < -0.39 is 0 Å². The number of rotatable bonds is 6. The normalized spacial score (nSPS) is 9.00. The molecule has 0 aromatic rings. The molecular weight excluding hydrogens is 170 g/mol. The van der Waals surface area contributed by atoms with Gasteiger partial charge in [0.2, 0.25) is 5.91 Å². The van der Waals surface area contributed by atoms with Gasteiger partial charge < -0.3 is 10.1 Å². The monoisotopic (exact) mass is 185 g/mol. The fraction of sp³-hybridized carbons (Fsp3) is 0.556. The van der Waals surface area contributed by atoms with Crippen LogP contribution in [0.15, 0.2) is 12.7 Å². The van der Waals surface area contributed by atoms with Crippen molar-refractivity contribution < 1.29 is 14.3 Å². The predicted molar refractivity (Wildman–Crippen MR) is 49.1 cm³/mol. The van der Waals surface area contributed by atoms with Crippen LogP contribution >= 0.6 is 0 Å². The van der Waals surface area contributed by atoms with E-state index in [2.05, 4.69) is 16.6 Å². The molecule has 0 fully saturated rings. The molecule has 0 aromatic carbocycles. The first kappa shape index (κ1) is 11.7. The Bertz CT molecular complexity index is 189. The summed E-state index contributed by atoms with van der Waals surface area (Å²) in [4.78, 5) is 21.3. The molecule has 0 aromatic heterocycles. The maximum absolute atomic E-state index is 10.6. The first-order chi connectivity index (χ1) is 6.20. The van der Waals surface area contributed by atoms with E-state index in [9.17, 15) is 9.59 Å². The van der Waals surface area contributed by atoms with Gasteiger partial charge in [0.1, 0.15) is 0 Å². The topological polar surface area (TPSA) is 55.4 Å². The van der Waals surface area contributed by atoms with Crippen molar-refractivity contribution in [2.24, 2.45) is 0 Å². The first-order valence-electron chi connectivity index (χ1n) is 4.17. The van der Waals surface area contributed by atoms with E-state index in [4.69, 9.17) is 0 Å². The van der Waals surface area contributed by atoms with Crippen LogP contribution in [0.4, 0.5) is 0 Å². The molecular formula is C9H15NO3. The summed E-state index contributed by atoms with van der Waals surface area (Å²) in [5.74, 6) is -0.395. The predicted octanol–water partition coefficient (Wildman–Crippen LogP) is 0.632. The molecule has 0 radical (unpaired) electrons. The zero-order valence-corrected chi connectivity index (χ0v) is 7.84. The zero-order chi connectivity index (χ0) is 10.1. The summed E-state index contributed by atoms with van der Waals surface area (Å²) in [6.07, 6.45) is 3.12. The van der Waals surface area contributed by atoms with Crippen LogP contribution in [0.1, 0.15) is 19.3 Å². The van der Waals surface area contributed by atoms with Crippen LogP contribution in [0.3, 0.4) is 0 Å². The lowest BCUT2D eigenvalue weighted by molar-refractivity contribution is -0.140. The Morgan fingerprint density at radius 3 is 2.69 bits per heavy atom. The minimum atomic E-state index is -0.213. The Balaban J connectivity index is 3.21. The van der Waals surface area contributed by atoms with Gasteiger partial charge in [0.25, 0.3) is 0 Å². The third kappa shape index (κ3) is 7.05. The maximum Gasteiger partial charge on any atom is 0.305 e. The van der Waals surface area contributed by atoms with Gasteiger partial charge in [-0.15, -0.1) is 0 Å². The summed E-state index contributed by atoms with van der Waals surface area (Å²) in [5.41, 5.74) is 0. The van der Waals surface area contributed by atoms with Crippen LogP contribution in [-0.4, -0.2) is 25.5 Å². The van der Waals surface area contributed by atoms with Crippen LogP contribution < -0.4 is 5.32 Å². The number of hydrogen-bond donors (Lipinski definition) is 1. The maximum atomic E-state index is 10.6. The second kappa shape index (κ2) is 7.34. The molecule has 0 heterocycles. The number of amides is 1. The Kier molecular flexibility index (Phi) is 6.59. The van der Waals surface area contributed by atoms with Gasteiger partial charge in [-0.2, -0.15) is 0 Å². The van der Waals surface area contributed by atoms with Crippen molar-refractivity contribution in [3.05, 3.63) is 12.7 Å². The van der Waals surface area contributed by atoms with Crippen molar-refractivity contribution >= 4 is 11.9 Å². The van der Waals surface area contributed by atoms with Gasteiger partial charge in [-0.3, -0.25) is 9.59 Å². The van der Waals surface area contributed by atoms with Crippen molar-refractivity contribution in [3.8, 4) is 0 Å². The average molecular weight is 185 g/mol. The fourth-order valence-electron chi connectivity index (χ4n) is 0.780. The molecule has 1 amide bonds. The standard InChI is InChI=1S/C9H15NO3/c1-3-8(11)10-7-5-4-6-9(12)13-2/h3H,1,4-7H2,2H3,(H,10,11). The molecule has 74 valence electrons. The lowest BCUT2D eigenvalue weighted by Crippen LogP contribution is -2.21. The van der Waals surface area contributed by atoms with Crippen LogP contribution in [0.5, 0.6) is 0 Å². The lowest BCUT2D eigenvalue weighted by Gasteiger charge is -2.01. The highest BCUT2D eigenvalue weighted by molar-refractivity contribution is 5.86. The summed E-state index contributed by atoms with van der Waals surface area (Å²) in [6.45, 7) is 3.89. The summed E-state index contributed by atoms with van der Waals surface area (Å²) in [5, 5.41) is 2.61. The molecule has 0 aliphatic heterocycles. The smallest absolute Gasteiger partial charge is 0.305 e.